The lowest BCUT2D eigenvalue weighted by Gasteiger charge is -2.10. The highest BCUT2D eigenvalue weighted by atomic mass is 32.1. The van der Waals surface area contributed by atoms with Crippen LogP contribution in [-0.4, -0.2) is 17.5 Å². The number of hydrogen-bond donors (Lipinski definition) is 2. The minimum atomic E-state index is -4.58. The van der Waals surface area contributed by atoms with Crippen LogP contribution in [0.4, 0.5) is 18.9 Å². The van der Waals surface area contributed by atoms with Crippen molar-refractivity contribution in [2.75, 3.05) is 12.3 Å². The van der Waals surface area contributed by atoms with Gasteiger partial charge in [0.25, 0.3) is 5.91 Å². The van der Waals surface area contributed by atoms with Gasteiger partial charge in [-0.3, -0.25) is 4.79 Å². The predicted molar refractivity (Wildman–Crippen MR) is 101 cm³/mol. The van der Waals surface area contributed by atoms with Gasteiger partial charge in [-0.05, 0) is 30.2 Å². The standard InChI is InChI=1S/C19H16F3N3O2S/c1-9-6-12(19(20,21)22)14-15(23)16(28-18(14)25-9)17(26)24-8-10-2-3-13-11(7-10)4-5-27-13/h2-3,6-7H,4-5,8,23H2,1H3,(H,24,26). The Kier molecular flexibility index (Phi) is 4.41. The molecule has 1 aliphatic heterocycles. The fraction of sp³-hybridized carbons (Fsp3) is 0.263. The molecule has 0 spiro atoms. The molecule has 9 heteroatoms. The zero-order chi connectivity index (χ0) is 20.1. The number of pyridine rings is 1. The molecular formula is C19H16F3N3O2S. The highest BCUT2D eigenvalue weighted by Crippen LogP contribution is 2.42. The van der Waals surface area contributed by atoms with Gasteiger partial charge in [0.15, 0.2) is 0 Å². The van der Waals surface area contributed by atoms with E-state index in [0.29, 0.717) is 6.61 Å². The Morgan fingerprint density at radius 1 is 1.36 bits per heavy atom. The van der Waals surface area contributed by atoms with Crippen LogP contribution in [0.25, 0.3) is 10.2 Å². The van der Waals surface area contributed by atoms with Crippen molar-refractivity contribution in [3.8, 4) is 5.75 Å². The number of alkyl halides is 3. The number of aromatic nitrogens is 1. The zero-order valence-corrected chi connectivity index (χ0v) is 15.6. The van der Waals surface area contributed by atoms with E-state index < -0.39 is 17.6 Å². The molecule has 0 radical (unpaired) electrons. The van der Waals surface area contributed by atoms with Crippen LogP contribution in [0, 0.1) is 6.92 Å². The zero-order valence-electron chi connectivity index (χ0n) is 14.8. The van der Waals surface area contributed by atoms with Crippen LogP contribution >= 0.6 is 11.3 Å². The van der Waals surface area contributed by atoms with Gasteiger partial charge < -0.3 is 15.8 Å². The van der Waals surface area contributed by atoms with E-state index in [1.165, 1.54) is 6.92 Å². The van der Waals surface area contributed by atoms with Crippen LogP contribution in [0.3, 0.4) is 0 Å². The number of ether oxygens (including phenoxy) is 1. The Morgan fingerprint density at radius 2 is 2.14 bits per heavy atom. The second kappa shape index (κ2) is 6.66. The quantitative estimate of drug-likeness (QED) is 0.686. The highest BCUT2D eigenvalue weighted by Gasteiger charge is 2.35. The number of anilines is 1. The molecule has 0 saturated heterocycles. The molecule has 0 fully saturated rings. The fourth-order valence-electron chi connectivity index (χ4n) is 3.25. The number of carbonyl (C=O) groups excluding carboxylic acids is 1. The largest absolute Gasteiger partial charge is 0.493 e. The average Bonchev–Trinajstić information content (AvgIpc) is 3.22. The van der Waals surface area contributed by atoms with E-state index in [1.54, 1.807) is 0 Å². The number of fused-ring (bicyclic) bond motifs is 2. The number of thiophene rings is 1. The number of nitrogens with one attached hydrogen (secondary N) is 1. The summed E-state index contributed by atoms with van der Waals surface area (Å²) in [7, 11) is 0. The Bertz CT molecular complexity index is 1090. The number of carbonyl (C=O) groups is 1. The van der Waals surface area contributed by atoms with E-state index in [4.69, 9.17) is 10.5 Å². The molecule has 146 valence electrons. The normalized spacial score (nSPS) is 13.4. The van der Waals surface area contributed by atoms with Crippen LogP contribution in [0.1, 0.15) is 32.1 Å². The van der Waals surface area contributed by atoms with E-state index in [2.05, 4.69) is 10.3 Å². The summed E-state index contributed by atoms with van der Waals surface area (Å²) in [6, 6.07) is 6.58. The van der Waals surface area contributed by atoms with Crippen LogP contribution in [0.15, 0.2) is 24.3 Å². The first kappa shape index (κ1) is 18.5. The third-order valence-corrected chi connectivity index (χ3v) is 5.64. The molecule has 1 amide bonds. The summed E-state index contributed by atoms with van der Waals surface area (Å²) >= 11 is 0.864. The molecule has 0 unspecified atom stereocenters. The molecule has 0 aliphatic carbocycles. The minimum absolute atomic E-state index is 0.0306. The maximum atomic E-state index is 13.4. The van der Waals surface area contributed by atoms with Crippen molar-refractivity contribution >= 4 is 33.1 Å². The second-order valence-electron chi connectivity index (χ2n) is 6.56. The molecule has 0 bridgehead atoms. The van der Waals surface area contributed by atoms with Gasteiger partial charge >= 0.3 is 6.18 Å². The van der Waals surface area contributed by atoms with E-state index in [-0.39, 0.29) is 33.0 Å². The van der Waals surface area contributed by atoms with Gasteiger partial charge in [0.1, 0.15) is 15.5 Å². The Hall–Kier alpha value is -2.81. The molecular weight excluding hydrogens is 391 g/mol. The number of halogens is 3. The molecule has 28 heavy (non-hydrogen) atoms. The van der Waals surface area contributed by atoms with Crippen LogP contribution in [0.5, 0.6) is 5.75 Å². The molecule has 5 nitrogen and oxygen atoms in total. The van der Waals surface area contributed by atoms with E-state index in [9.17, 15) is 18.0 Å². The molecule has 0 saturated carbocycles. The van der Waals surface area contributed by atoms with Gasteiger partial charge in [-0.2, -0.15) is 13.2 Å². The third-order valence-electron chi connectivity index (χ3n) is 4.55. The van der Waals surface area contributed by atoms with Crippen LogP contribution < -0.4 is 15.8 Å². The molecule has 4 rings (SSSR count). The second-order valence-corrected chi connectivity index (χ2v) is 7.56. The van der Waals surface area contributed by atoms with Gasteiger partial charge in [0.05, 0.1) is 17.9 Å². The van der Waals surface area contributed by atoms with E-state index in [0.717, 1.165) is 40.7 Å². The highest BCUT2D eigenvalue weighted by molar-refractivity contribution is 7.21. The third kappa shape index (κ3) is 3.26. The maximum Gasteiger partial charge on any atom is 0.417 e. The summed E-state index contributed by atoms with van der Waals surface area (Å²) in [5.41, 5.74) is 7.02. The summed E-state index contributed by atoms with van der Waals surface area (Å²) in [6.45, 7) is 2.34. The SMILES string of the molecule is Cc1cc(C(F)(F)F)c2c(N)c(C(=O)NCc3ccc4c(c3)CCO4)sc2n1. The molecule has 3 aromatic rings. The lowest BCUT2D eigenvalue weighted by molar-refractivity contribution is -0.136. The number of aryl methyl sites for hydroxylation is 1. The van der Waals surface area contributed by atoms with Crippen molar-refractivity contribution in [2.24, 2.45) is 0 Å². The number of nitrogen functional groups attached to an aromatic ring is 1. The molecule has 1 aliphatic rings. The number of amides is 1. The van der Waals surface area contributed by atoms with Gasteiger partial charge in [-0.15, -0.1) is 11.3 Å². The van der Waals surface area contributed by atoms with E-state index in [1.807, 2.05) is 18.2 Å². The number of nitrogens with two attached hydrogens (primary N) is 1. The number of benzene rings is 1. The number of rotatable bonds is 3. The maximum absolute atomic E-state index is 13.4. The lowest BCUT2D eigenvalue weighted by Crippen LogP contribution is -2.22. The van der Waals surface area contributed by atoms with E-state index >= 15 is 0 Å². The first-order valence-corrected chi connectivity index (χ1v) is 9.35. The van der Waals surface area contributed by atoms with Crippen molar-refractivity contribution in [1.82, 2.24) is 10.3 Å². The predicted octanol–water partition coefficient (Wildman–Crippen LogP) is 4.07. The van der Waals surface area contributed by atoms with Crippen molar-refractivity contribution in [3.05, 3.63) is 51.5 Å². The Labute approximate surface area is 162 Å². The summed E-state index contributed by atoms with van der Waals surface area (Å²) in [4.78, 5) is 16.8. The first-order valence-electron chi connectivity index (χ1n) is 8.53. The Morgan fingerprint density at radius 3 is 2.89 bits per heavy atom. The van der Waals surface area contributed by atoms with Gasteiger partial charge in [-0.1, -0.05) is 12.1 Å². The first-order chi connectivity index (χ1) is 13.2. The minimum Gasteiger partial charge on any atom is -0.493 e. The van der Waals surface area contributed by atoms with Crippen molar-refractivity contribution in [3.63, 3.8) is 0 Å². The van der Waals surface area contributed by atoms with Crippen LogP contribution in [-0.2, 0) is 19.1 Å². The molecule has 1 aromatic carbocycles. The van der Waals surface area contributed by atoms with Crippen molar-refractivity contribution in [1.29, 1.82) is 0 Å². The van der Waals surface area contributed by atoms with Gasteiger partial charge in [0, 0.05) is 24.0 Å². The molecule has 3 heterocycles. The molecule has 0 atom stereocenters. The van der Waals surface area contributed by atoms with Crippen LogP contribution in [0.2, 0.25) is 0 Å². The smallest absolute Gasteiger partial charge is 0.417 e. The monoisotopic (exact) mass is 407 g/mol. The average molecular weight is 407 g/mol. The Balaban J connectivity index is 1.62. The molecule has 2 aromatic heterocycles. The van der Waals surface area contributed by atoms with Gasteiger partial charge in [-0.25, -0.2) is 4.98 Å². The van der Waals surface area contributed by atoms with Crippen molar-refractivity contribution < 1.29 is 22.7 Å². The summed E-state index contributed by atoms with van der Waals surface area (Å²) in [6.07, 6.45) is -3.77. The summed E-state index contributed by atoms with van der Waals surface area (Å²) < 4.78 is 45.6. The summed E-state index contributed by atoms with van der Waals surface area (Å²) in [5, 5.41) is 2.50. The van der Waals surface area contributed by atoms with Crippen molar-refractivity contribution in [2.45, 2.75) is 26.1 Å². The number of hydrogen-bond acceptors (Lipinski definition) is 5. The molecule has 3 N–H and O–H groups in total. The fourth-order valence-corrected chi connectivity index (χ4v) is 4.33. The van der Waals surface area contributed by atoms with Gasteiger partial charge in [0.2, 0.25) is 0 Å². The number of nitrogens with zero attached hydrogens (tertiary/aromatic N) is 1. The summed E-state index contributed by atoms with van der Waals surface area (Å²) in [5.74, 6) is 0.313. The lowest BCUT2D eigenvalue weighted by atomic mass is 10.1. The topological polar surface area (TPSA) is 77.2 Å².